The van der Waals surface area contributed by atoms with E-state index in [1.807, 2.05) is 24.3 Å². The summed E-state index contributed by atoms with van der Waals surface area (Å²) in [5.41, 5.74) is 2.13. The van der Waals surface area contributed by atoms with Crippen molar-refractivity contribution in [2.75, 3.05) is 0 Å². The van der Waals surface area contributed by atoms with E-state index in [1.54, 1.807) is 0 Å². The SMILES string of the molecule is S=c1[nH]c2ccccc2[nH]1.[Eu]. The topological polar surface area (TPSA) is 31.6 Å². The standard InChI is InChI=1S/C7H6N2S.Eu/c10-7-8-5-3-1-2-4-6(5)9-7;/h1-4H,(H2,8,9,10);. The minimum absolute atomic E-state index is 0. The number of H-pyrrole nitrogens is 2. The van der Waals surface area contributed by atoms with Crippen LogP contribution in [0.3, 0.4) is 0 Å². The number of hydrogen-bond acceptors (Lipinski definition) is 1. The molecule has 4 heteroatoms. The number of fused-ring (bicyclic) bond motifs is 1. The Morgan fingerprint density at radius 1 is 1.00 bits per heavy atom. The Balaban J connectivity index is 0.000000605. The third kappa shape index (κ3) is 1.99. The largest absolute Gasteiger partial charge is 0.331 e. The van der Waals surface area contributed by atoms with Crippen molar-refractivity contribution >= 4 is 23.3 Å². The predicted molar refractivity (Wildman–Crippen MR) is 43.5 cm³/mol. The Bertz CT molecular complexity index is 368. The Kier molecular flexibility index (Phi) is 3.43. The molecular formula is C7H6EuN2S. The first-order valence-electron chi connectivity index (χ1n) is 3.03. The van der Waals surface area contributed by atoms with Crippen LogP contribution in [0.5, 0.6) is 0 Å². The molecule has 1 aromatic carbocycles. The molecule has 0 aliphatic heterocycles. The van der Waals surface area contributed by atoms with Crippen molar-refractivity contribution in [3.05, 3.63) is 29.0 Å². The summed E-state index contributed by atoms with van der Waals surface area (Å²) < 4.78 is 0.682. The Morgan fingerprint density at radius 3 is 1.91 bits per heavy atom. The van der Waals surface area contributed by atoms with Gasteiger partial charge in [-0.25, -0.2) is 0 Å². The monoisotopic (exact) mass is 303 g/mol. The molecule has 2 N–H and O–H groups in total. The molecule has 2 aromatic rings. The average Bonchev–Trinajstić information content (AvgIpc) is 2.27. The van der Waals surface area contributed by atoms with Crippen LogP contribution >= 0.6 is 12.2 Å². The molecule has 1 aromatic heterocycles. The summed E-state index contributed by atoms with van der Waals surface area (Å²) in [4.78, 5) is 6.04. The Labute approximate surface area is 110 Å². The van der Waals surface area contributed by atoms with E-state index in [1.165, 1.54) is 0 Å². The molecule has 11 heavy (non-hydrogen) atoms. The molecule has 0 saturated heterocycles. The summed E-state index contributed by atoms with van der Waals surface area (Å²) in [5, 5.41) is 0. The van der Waals surface area contributed by atoms with Crippen molar-refractivity contribution in [1.82, 2.24) is 9.97 Å². The summed E-state index contributed by atoms with van der Waals surface area (Å²) in [6.45, 7) is 0. The van der Waals surface area contributed by atoms with Crippen LogP contribution in [0.25, 0.3) is 11.0 Å². The number of aromatic nitrogens is 2. The summed E-state index contributed by atoms with van der Waals surface area (Å²) in [5.74, 6) is 0. The first-order chi connectivity index (χ1) is 4.86. The van der Waals surface area contributed by atoms with Gasteiger partial charge in [-0.2, -0.15) is 0 Å². The van der Waals surface area contributed by atoms with Gasteiger partial charge in [0.1, 0.15) is 0 Å². The maximum absolute atomic E-state index is 4.90. The Hall–Kier alpha value is 0.494. The number of imidazole rings is 1. The molecule has 0 amide bonds. The summed E-state index contributed by atoms with van der Waals surface area (Å²) >= 11 is 4.90. The van der Waals surface area contributed by atoms with Gasteiger partial charge in [0.25, 0.3) is 0 Å². The van der Waals surface area contributed by atoms with E-state index in [2.05, 4.69) is 9.97 Å². The van der Waals surface area contributed by atoms with Gasteiger partial charge in [-0.1, -0.05) is 12.1 Å². The quantitative estimate of drug-likeness (QED) is 0.719. The third-order valence-corrected chi connectivity index (χ3v) is 1.63. The molecule has 0 saturated carbocycles. The fourth-order valence-corrected chi connectivity index (χ4v) is 1.20. The number of hydrogen-bond donors (Lipinski definition) is 2. The van der Waals surface area contributed by atoms with E-state index in [0.29, 0.717) is 4.77 Å². The number of benzene rings is 1. The minimum Gasteiger partial charge on any atom is -0.331 e. The van der Waals surface area contributed by atoms with E-state index in [4.69, 9.17) is 12.2 Å². The predicted octanol–water partition coefficient (Wildman–Crippen LogP) is 2.23. The second kappa shape index (κ2) is 3.94. The van der Waals surface area contributed by atoms with E-state index in [9.17, 15) is 0 Å². The average molecular weight is 302 g/mol. The molecule has 1 heterocycles. The molecule has 2 rings (SSSR count). The fourth-order valence-electron chi connectivity index (χ4n) is 0.977. The molecular weight excluding hydrogens is 296 g/mol. The van der Waals surface area contributed by atoms with Crippen LogP contribution in [-0.4, -0.2) is 9.97 Å². The molecule has 0 spiro atoms. The second-order valence-electron chi connectivity index (χ2n) is 2.12. The summed E-state index contributed by atoms with van der Waals surface area (Å²) in [7, 11) is 0. The van der Waals surface area contributed by atoms with Gasteiger partial charge < -0.3 is 9.97 Å². The second-order valence-corrected chi connectivity index (χ2v) is 2.53. The van der Waals surface area contributed by atoms with Gasteiger partial charge in [-0.15, -0.1) is 0 Å². The van der Waals surface area contributed by atoms with Crippen molar-refractivity contribution in [3.63, 3.8) is 0 Å². The van der Waals surface area contributed by atoms with Gasteiger partial charge in [0, 0.05) is 49.4 Å². The summed E-state index contributed by atoms with van der Waals surface area (Å²) in [6.07, 6.45) is 0. The Morgan fingerprint density at radius 2 is 1.45 bits per heavy atom. The maximum Gasteiger partial charge on any atom is 0.175 e. The number of aromatic amines is 2. The van der Waals surface area contributed by atoms with E-state index >= 15 is 0 Å². The van der Waals surface area contributed by atoms with Gasteiger partial charge >= 0.3 is 0 Å². The number of nitrogens with one attached hydrogen (secondary N) is 2. The molecule has 0 aliphatic rings. The molecule has 0 fully saturated rings. The van der Waals surface area contributed by atoms with Gasteiger partial charge in [0.2, 0.25) is 0 Å². The first-order valence-corrected chi connectivity index (χ1v) is 3.44. The summed E-state index contributed by atoms with van der Waals surface area (Å²) in [6, 6.07) is 7.92. The molecule has 0 bridgehead atoms. The first kappa shape index (κ1) is 9.58. The maximum atomic E-state index is 4.90. The van der Waals surface area contributed by atoms with Crippen molar-refractivity contribution in [3.8, 4) is 0 Å². The van der Waals surface area contributed by atoms with Crippen LogP contribution < -0.4 is 0 Å². The molecule has 0 aliphatic carbocycles. The molecule has 0 unspecified atom stereocenters. The van der Waals surface area contributed by atoms with Crippen molar-refractivity contribution < 1.29 is 49.4 Å². The van der Waals surface area contributed by atoms with Crippen LogP contribution in [0.1, 0.15) is 0 Å². The van der Waals surface area contributed by atoms with Gasteiger partial charge in [0.05, 0.1) is 11.0 Å². The van der Waals surface area contributed by atoms with Gasteiger partial charge in [0.15, 0.2) is 4.77 Å². The van der Waals surface area contributed by atoms with Crippen molar-refractivity contribution in [2.24, 2.45) is 0 Å². The number of para-hydroxylation sites is 2. The molecule has 2 nitrogen and oxygen atoms in total. The van der Waals surface area contributed by atoms with E-state index < -0.39 is 0 Å². The minimum atomic E-state index is 0. The van der Waals surface area contributed by atoms with Crippen LogP contribution in [0.4, 0.5) is 0 Å². The van der Waals surface area contributed by atoms with E-state index in [-0.39, 0.29) is 49.4 Å². The van der Waals surface area contributed by atoms with Crippen molar-refractivity contribution in [2.45, 2.75) is 0 Å². The zero-order valence-corrected chi connectivity index (χ0v) is 8.84. The van der Waals surface area contributed by atoms with Crippen molar-refractivity contribution in [1.29, 1.82) is 0 Å². The zero-order chi connectivity index (χ0) is 6.97. The number of rotatable bonds is 0. The third-order valence-electron chi connectivity index (χ3n) is 1.42. The van der Waals surface area contributed by atoms with Gasteiger partial charge in [-0.05, 0) is 24.4 Å². The van der Waals surface area contributed by atoms with Gasteiger partial charge in [-0.3, -0.25) is 0 Å². The van der Waals surface area contributed by atoms with Crippen LogP contribution in [0.2, 0.25) is 0 Å². The molecule has 57 valence electrons. The fraction of sp³-hybridized carbons (Fsp3) is 0. The molecule has 1 radical (unpaired) electrons. The zero-order valence-electron chi connectivity index (χ0n) is 5.60. The van der Waals surface area contributed by atoms with Crippen LogP contribution in [0.15, 0.2) is 24.3 Å². The van der Waals surface area contributed by atoms with Crippen LogP contribution in [0, 0.1) is 54.1 Å². The smallest absolute Gasteiger partial charge is 0.175 e. The molecule has 0 atom stereocenters. The van der Waals surface area contributed by atoms with Crippen LogP contribution in [-0.2, 0) is 0 Å². The normalized spacial score (nSPS) is 9.45. The van der Waals surface area contributed by atoms with E-state index in [0.717, 1.165) is 11.0 Å².